The normalized spacial score (nSPS) is 10.5. The van der Waals surface area contributed by atoms with Crippen LogP contribution in [-0.4, -0.2) is 33.4 Å². The Balaban J connectivity index is 1.60. The van der Waals surface area contributed by atoms with E-state index in [1.54, 1.807) is 6.07 Å². The number of amides is 2. The molecular weight excluding hydrogens is 310 g/mol. The van der Waals surface area contributed by atoms with Crippen molar-refractivity contribution in [1.82, 2.24) is 15.3 Å². The number of benzene rings is 1. The number of rotatable bonds is 6. The molecule has 0 aliphatic carbocycles. The molecule has 0 spiro atoms. The third-order valence-electron chi connectivity index (χ3n) is 2.54. The smallest absolute Gasteiger partial charge is 0.257 e. The molecule has 0 atom stereocenters. The van der Waals surface area contributed by atoms with Crippen LogP contribution in [0.4, 0.5) is 11.6 Å². The molecule has 0 radical (unpaired) electrons. The molecule has 0 saturated carbocycles. The number of oxazole rings is 1. The van der Waals surface area contributed by atoms with Crippen molar-refractivity contribution >= 4 is 46.8 Å². The maximum atomic E-state index is 11.8. The summed E-state index contributed by atoms with van der Waals surface area (Å²) >= 11 is 1.14. The van der Waals surface area contributed by atoms with E-state index in [1.165, 1.54) is 0 Å². The molecule has 3 rings (SSSR count). The minimum absolute atomic E-state index is 0.0372. The summed E-state index contributed by atoms with van der Waals surface area (Å²) in [5, 5.41) is 12.0. The molecule has 112 valence electrons. The van der Waals surface area contributed by atoms with Gasteiger partial charge in [0.15, 0.2) is 5.58 Å². The quantitative estimate of drug-likeness (QED) is 0.517. The van der Waals surface area contributed by atoms with Crippen LogP contribution in [-0.2, 0) is 9.59 Å². The Morgan fingerprint density at radius 3 is 2.91 bits per heavy atom. The molecule has 0 unspecified atom stereocenters. The predicted octanol–water partition coefficient (Wildman–Crippen LogP) is 1.51. The van der Waals surface area contributed by atoms with Gasteiger partial charge in [-0.1, -0.05) is 23.9 Å². The Morgan fingerprint density at radius 2 is 2.09 bits per heavy atom. The van der Waals surface area contributed by atoms with Crippen molar-refractivity contribution < 1.29 is 18.6 Å². The van der Waals surface area contributed by atoms with Gasteiger partial charge < -0.3 is 15.1 Å². The van der Waals surface area contributed by atoms with Crippen LogP contribution >= 0.6 is 11.8 Å². The number of anilines is 2. The maximum absolute atomic E-state index is 11.8. The molecule has 22 heavy (non-hydrogen) atoms. The van der Waals surface area contributed by atoms with Crippen molar-refractivity contribution in [2.24, 2.45) is 0 Å². The Bertz CT molecular complexity index is 782. The van der Waals surface area contributed by atoms with E-state index in [0.717, 1.165) is 17.3 Å². The van der Waals surface area contributed by atoms with Crippen LogP contribution in [0.15, 0.2) is 38.5 Å². The highest BCUT2D eigenvalue weighted by atomic mass is 32.2. The standard InChI is InChI=1S/C12H9N5O4S/c18-6-13-10-11(17-21-16-10)15-9(19)5-22-12-14-7-3-1-2-4-8(7)20-12/h1-4,6H,5H2,(H,13,16,18)(H,15,17,19). The molecule has 3 aromatic rings. The summed E-state index contributed by atoms with van der Waals surface area (Å²) in [6, 6.07) is 7.31. The van der Waals surface area contributed by atoms with Crippen LogP contribution in [0.5, 0.6) is 0 Å². The number of nitrogens with one attached hydrogen (secondary N) is 2. The van der Waals surface area contributed by atoms with Crippen LogP contribution in [0.3, 0.4) is 0 Å². The van der Waals surface area contributed by atoms with Crippen molar-refractivity contribution in [3.63, 3.8) is 0 Å². The van der Waals surface area contributed by atoms with Gasteiger partial charge in [-0.05, 0) is 22.4 Å². The van der Waals surface area contributed by atoms with Crippen LogP contribution in [0.1, 0.15) is 0 Å². The predicted molar refractivity (Wildman–Crippen MR) is 77.3 cm³/mol. The molecule has 0 fully saturated rings. The third-order valence-corrected chi connectivity index (χ3v) is 3.37. The molecule has 2 heterocycles. The lowest BCUT2D eigenvalue weighted by molar-refractivity contribution is -0.114. The molecule has 1 aromatic carbocycles. The molecule has 9 nitrogen and oxygen atoms in total. The molecule has 0 aliphatic rings. The zero-order valence-corrected chi connectivity index (χ0v) is 11.8. The number of carbonyl (C=O) groups excluding carboxylic acids is 2. The third kappa shape index (κ3) is 3.06. The van der Waals surface area contributed by atoms with Gasteiger partial charge >= 0.3 is 0 Å². The Kier molecular flexibility index (Phi) is 4.01. The highest BCUT2D eigenvalue weighted by Crippen LogP contribution is 2.23. The molecule has 0 aliphatic heterocycles. The van der Waals surface area contributed by atoms with Crippen molar-refractivity contribution in [3.05, 3.63) is 24.3 Å². The van der Waals surface area contributed by atoms with Gasteiger partial charge in [0.2, 0.25) is 24.0 Å². The number of fused-ring (bicyclic) bond motifs is 1. The van der Waals surface area contributed by atoms with Gasteiger partial charge in [0.1, 0.15) is 5.52 Å². The second kappa shape index (κ2) is 6.26. The number of thioether (sulfide) groups is 1. The highest BCUT2D eigenvalue weighted by Gasteiger charge is 2.14. The Morgan fingerprint density at radius 1 is 1.27 bits per heavy atom. The molecule has 2 amide bonds. The zero-order chi connectivity index (χ0) is 15.4. The minimum Gasteiger partial charge on any atom is -0.431 e. The highest BCUT2D eigenvalue weighted by molar-refractivity contribution is 7.99. The average Bonchev–Trinajstić information content (AvgIpc) is 3.12. The second-order valence-electron chi connectivity index (χ2n) is 4.01. The average molecular weight is 319 g/mol. The van der Waals surface area contributed by atoms with Gasteiger partial charge in [-0.25, -0.2) is 9.61 Å². The minimum atomic E-state index is -0.364. The first-order valence-electron chi connectivity index (χ1n) is 6.07. The van der Waals surface area contributed by atoms with E-state index in [1.807, 2.05) is 18.2 Å². The van der Waals surface area contributed by atoms with Crippen LogP contribution in [0.25, 0.3) is 11.1 Å². The van der Waals surface area contributed by atoms with Gasteiger partial charge in [0.05, 0.1) is 5.75 Å². The van der Waals surface area contributed by atoms with E-state index in [9.17, 15) is 9.59 Å². The fourth-order valence-corrected chi connectivity index (χ4v) is 2.27. The summed E-state index contributed by atoms with van der Waals surface area (Å²) in [6.45, 7) is 0. The SMILES string of the molecule is O=CNc1nonc1NC(=O)CSc1nc2ccccc2o1. The molecule has 2 N–H and O–H groups in total. The van der Waals surface area contributed by atoms with E-state index in [2.05, 4.69) is 30.6 Å². The number of para-hydroxylation sites is 2. The van der Waals surface area contributed by atoms with Crippen LogP contribution in [0.2, 0.25) is 0 Å². The molecule has 0 saturated heterocycles. The largest absolute Gasteiger partial charge is 0.431 e. The van der Waals surface area contributed by atoms with E-state index >= 15 is 0 Å². The molecule has 0 bridgehead atoms. The molecular formula is C12H9N5O4S. The summed E-state index contributed by atoms with van der Waals surface area (Å²) in [7, 11) is 0. The Hall–Kier alpha value is -2.88. The lowest BCUT2D eigenvalue weighted by atomic mass is 10.3. The number of aromatic nitrogens is 3. The fraction of sp³-hybridized carbons (Fsp3) is 0.0833. The van der Waals surface area contributed by atoms with Gasteiger partial charge in [0, 0.05) is 0 Å². The fourth-order valence-electron chi connectivity index (χ4n) is 1.63. The number of nitrogens with zero attached hydrogens (tertiary/aromatic N) is 3. The van der Waals surface area contributed by atoms with E-state index in [0.29, 0.717) is 17.2 Å². The van der Waals surface area contributed by atoms with Gasteiger partial charge in [0.25, 0.3) is 5.22 Å². The topological polar surface area (TPSA) is 123 Å². The Labute approximate surface area is 127 Å². The van der Waals surface area contributed by atoms with Crippen molar-refractivity contribution in [2.75, 3.05) is 16.4 Å². The van der Waals surface area contributed by atoms with Crippen molar-refractivity contribution in [1.29, 1.82) is 0 Å². The first-order chi connectivity index (χ1) is 10.8. The van der Waals surface area contributed by atoms with Gasteiger partial charge in [-0.2, -0.15) is 0 Å². The summed E-state index contributed by atoms with van der Waals surface area (Å²) in [6.07, 6.45) is 0.405. The van der Waals surface area contributed by atoms with E-state index < -0.39 is 0 Å². The summed E-state index contributed by atoms with van der Waals surface area (Å²) < 4.78 is 9.91. The number of hydrogen-bond donors (Lipinski definition) is 2. The summed E-state index contributed by atoms with van der Waals surface area (Å²) in [5.74, 6) is -0.234. The van der Waals surface area contributed by atoms with E-state index in [4.69, 9.17) is 4.42 Å². The maximum Gasteiger partial charge on any atom is 0.257 e. The molecule has 10 heteroatoms. The summed E-state index contributed by atoms with van der Waals surface area (Å²) in [5.41, 5.74) is 1.38. The number of hydrogen-bond acceptors (Lipinski definition) is 8. The lowest BCUT2D eigenvalue weighted by Gasteiger charge is -2.00. The monoisotopic (exact) mass is 319 g/mol. The zero-order valence-electron chi connectivity index (χ0n) is 11.0. The number of carbonyl (C=O) groups is 2. The van der Waals surface area contributed by atoms with Crippen LogP contribution in [0, 0.1) is 0 Å². The van der Waals surface area contributed by atoms with Crippen molar-refractivity contribution in [2.45, 2.75) is 5.22 Å². The lowest BCUT2D eigenvalue weighted by Crippen LogP contribution is -2.15. The molecule has 2 aromatic heterocycles. The van der Waals surface area contributed by atoms with E-state index in [-0.39, 0.29) is 23.3 Å². The van der Waals surface area contributed by atoms with Gasteiger partial charge in [-0.3, -0.25) is 9.59 Å². The first kappa shape index (κ1) is 14.1. The first-order valence-corrected chi connectivity index (χ1v) is 7.06. The second-order valence-corrected chi connectivity index (χ2v) is 4.93. The van der Waals surface area contributed by atoms with Crippen molar-refractivity contribution in [3.8, 4) is 0 Å². The van der Waals surface area contributed by atoms with Crippen LogP contribution < -0.4 is 10.6 Å². The van der Waals surface area contributed by atoms with Gasteiger partial charge in [-0.15, -0.1) is 0 Å². The summed E-state index contributed by atoms with van der Waals surface area (Å²) in [4.78, 5) is 26.4.